The van der Waals surface area contributed by atoms with Crippen LogP contribution in [0.1, 0.15) is 65.5 Å². The van der Waals surface area contributed by atoms with E-state index in [1.54, 1.807) is 35.4 Å². The molecule has 19 heteroatoms. The Morgan fingerprint density at radius 1 is 0.638 bits per heavy atom. The Morgan fingerprint density at radius 3 is 1.59 bits per heavy atom. The van der Waals surface area contributed by atoms with E-state index in [1.165, 1.54) is 18.9 Å². The average molecular weight is 962 g/mol. The summed E-state index contributed by atoms with van der Waals surface area (Å²) in [5.41, 5.74) is 28.5. The number of hydrogen-bond donors (Lipinski definition) is 5. The van der Waals surface area contributed by atoms with Crippen LogP contribution >= 0.6 is 23.2 Å². The number of carboxylic acids is 1. The first-order valence-electron chi connectivity index (χ1n) is 21.5. The van der Waals surface area contributed by atoms with Crippen LogP contribution < -0.4 is 22.5 Å². The Bertz CT molecular complexity index is 3530. The monoisotopic (exact) mass is 960 g/mol. The molecule has 0 aliphatic heterocycles. The number of benzene rings is 2. The average Bonchev–Trinajstić information content (AvgIpc) is 3.87. The van der Waals surface area contributed by atoms with Gasteiger partial charge in [0.25, 0.3) is 5.91 Å². The highest BCUT2D eigenvalue weighted by molar-refractivity contribution is 6.31. The fraction of sp³-hybridized carbons (Fsp3) is 0.160. The molecule has 10 aromatic rings. The van der Waals surface area contributed by atoms with E-state index in [0.717, 1.165) is 66.6 Å². The summed E-state index contributed by atoms with van der Waals surface area (Å²) in [4.78, 5) is 58.3. The SMILES string of the molecule is Cc1cc(N)nc(C)c1CN.Cc1cc(N)nc(C)c1CNC(=O)c1cn(Cc2ccc3ncc(Cl)cc3c2)c2ncncc12.O=C(O)c1cn(Cc2ccc3ncc(Cl)cc3c2)c2ncncc12. The van der Waals surface area contributed by atoms with Crippen molar-refractivity contribution < 1.29 is 14.7 Å². The zero-order chi connectivity index (χ0) is 48.9. The Kier molecular flexibility index (Phi) is 14.0. The molecular weight excluding hydrogens is 916 g/mol. The van der Waals surface area contributed by atoms with Crippen molar-refractivity contribution in [3.8, 4) is 0 Å². The summed E-state index contributed by atoms with van der Waals surface area (Å²) in [6, 6.07) is 19.3. The van der Waals surface area contributed by atoms with E-state index < -0.39 is 5.97 Å². The van der Waals surface area contributed by atoms with Gasteiger partial charge in [-0.3, -0.25) is 14.8 Å². The number of carbonyl (C=O) groups excluding carboxylic acids is 1. The minimum Gasteiger partial charge on any atom is -0.478 e. The van der Waals surface area contributed by atoms with Gasteiger partial charge in [-0.25, -0.2) is 34.7 Å². The van der Waals surface area contributed by atoms with Gasteiger partial charge in [-0.1, -0.05) is 35.3 Å². The molecular formula is C50H46Cl2N14O3. The molecule has 17 nitrogen and oxygen atoms in total. The van der Waals surface area contributed by atoms with Crippen molar-refractivity contribution in [1.29, 1.82) is 0 Å². The van der Waals surface area contributed by atoms with Crippen molar-refractivity contribution in [1.82, 2.24) is 54.3 Å². The van der Waals surface area contributed by atoms with Crippen molar-refractivity contribution in [2.75, 3.05) is 11.5 Å². The number of nitrogen functional groups attached to an aromatic ring is 2. The second-order valence-corrected chi connectivity index (χ2v) is 17.1. The first-order chi connectivity index (χ1) is 33.1. The number of fused-ring (bicyclic) bond motifs is 4. The standard InChI is InChI=1S/C25H22ClN7O.C17H11ClN4O2.C8H13N3/c1-14-5-23(27)32-15(2)19(14)10-30-25(34)21-12-33(24-20(21)9-28-13-31-24)11-16-3-4-22-17(6-16)7-18(26)8-29-22;18-12-4-11-3-10(1-2-15(11)20-5-12)7-22-8-14(17(23)24)13-6-19-9-21-16(13)22;1-5-3-8(10)11-6(2)7(5)4-9/h3-9,12-13H,10-11H2,1-2H3,(H2,27,32)(H,30,34);1-6,8-9H,7H2,(H,23,24);3H,4,9H2,1-2H3,(H2,10,11). The Balaban J connectivity index is 0.000000158. The number of carbonyl (C=O) groups is 2. The summed E-state index contributed by atoms with van der Waals surface area (Å²) in [6.45, 7) is 9.66. The van der Waals surface area contributed by atoms with Gasteiger partial charge in [0.05, 0.1) is 43.0 Å². The van der Waals surface area contributed by atoms with Crippen molar-refractivity contribution >= 4 is 90.6 Å². The molecule has 0 radical (unpaired) electrons. The van der Waals surface area contributed by atoms with Crippen LogP contribution in [0, 0.1) is 27.7 Å². The molecule has 69 heavy (non-hydrogen) atoms. The molecule has 0 atom stereocenters. The number of rotatable bonds is 9. The summed E-state index contributed by atoms with van der Waals surface area (Å²) in [5.74, 6) is -0.166. The number of nitrogens with two attached hydrogens (primary N) is 3. The van der Waals surface area contributed by atoms with Crippen LogP contribution in [0.2, 0.25) is 10.0 Å². The van der Waals surface area contributed by atoms with E-state index >= 15 is 0 Å². The minimum absolute atomic E-state index is 0.191. The number of pyridine rings is 4. The second kappa shape index (κ2) is 20.4. The summed E-state index contributed by atoms with van der Waals surface area (Å²) in [5, 5.41) is 16.6. The molecule has 8 N–H and O–H groups in total. The maximum Gasteiger partial charge on any atom is 0.337 e. The van der Waals surface area contributed by atoms with Crippen molar-refractivity contribution in [2.24, 2.45) is 5.73 Å². The number of nitrogens with one attached hydrogen (secondary N) is 1. The van der Waals surface area contributed by atoms with Gasteiger partial charge in [0.15, 0.2) is 0 Å². The molecule has 8 aromatic heterocycles. The lowest BCUT2D eigenvalue weighted by molar-refractivity contribution is 0.0698. The van der Waals surface area contributed by atoms with E-state index in [1.807, 2.05) is 93.1 Å². The Hall–Kier alpha value is -8.12. The lowest BCUT2D eigenvalue weighted by atomic mass is 10.1. The van der Waals surface area contributed by atoms with E-state index in [2.05, 4.69) is 45.2 Å². The van der Waals surface area contributed by atoms with Gasteiger partial charge in [-0.05, 0) is 110 Å². The molecule has 10 rings (SSSR count). The number of aromatic nitrogens is 10. The van der Waals surface area contributed by atoms with Crippen molar-refractivity contribution in [3.63, 3.8) is 0 Å². The summed E-state index contributed by atoms with van der Waals surface area (Å²) in [6.07, 6.45) is 12.7. The largest absolute Gasteiger partial charge is 0.478 e. The number of carboxylic acid groups (broad SMARTS) is 1. The number of anilines is 2. The molecule has 0 unspecified atom stereocenters. The van der Waals surface area contributed by atoms with E-state index in [4.69, 9.17) is 40.4 Å². The molecule has 0 bridgehead atoms. The number of amides is 1. The second-order valence-electron chi connectivity index (χ2n) is 16.3. The first kappa shape index (κ1) is 47.4. The molecule has 0 saturated heterocycles. The molecule has 0 spiro atoms. The predicted octanol–water partition coefficient (Wildman–Crippen LogP) is 8.32. The number of aromatic carboxylic acids is 1. The van der Waals surface area contributed by atoms with Crippen LogP contribution in [0.4, 0.5) is 11.6 Å². The highest BCUT2D eigenvalue weighted by Gasteiger charge is 2.19. The zero-order valence-corrected chi connectivity index (χ0v) is 39.5. The lowest BCUT2D eigenvalue weighted by Crippen LogP contribution is -2.24. The predicted molar refractivity (Wildman–Crippen MR) is 269 cm³/mol. The van der Waals surface area contributed by atoms with Gasteiger partial charge < -0.3 is 36.8 Å². The molecule has 0 saturated carbocycles. The van der Waals surface area contributed by atoms with Gasteiger partial charge in [0.2, 0.25) is 0 Å². The molecule has 0 aliphatic carbocycles. The maximum absolute atomic E-state index is 13.2. The van der Waals surface area contributed by atoms with E-state index in [-0.39, 0.29) is 11.5 Å². The zero-order valence-electron chi connectivity index (χ0n) is 37.9. The van der Waals surface area contributed by atoms with Crippen LogP contribution in [0.5, 0.6) is 0 Å². The lowest BCUT2D eigenvalue weighted by Gasteiger charge is -2.11. The fourth-order valence-electron chi connectivity index (χ4n) is 8.16. The number of halogens is 2. The number of aryl methyl sites for hydroxylation is 4. The van der Waals surface area contributed by atoms with E-state index in [9.17, 15) is 14.7 Å². The third-order valence-electron chi connectivity index (χ3n) is 11.5. The summed E-state index contributed by atoms with van der Waals surface area (Å²) in [7, 11) is 0. The third-order valence-corrected chi connectivity index (χ3v) is 11.9. The van der Waals surface area contributed by atoms with Crippen molar-refractivity contribution in [2.45, 2.75) is 53.9 Å². The van der Waals surface area contributed by atoms with Crippen LogP contribution in [0.3, 0.4) is 0 Å². The van der Waals surface area contributed by atoms with Gasteiger partial charge in [0, 0.05) is 85.5 Å². The molecule has 1 amide bonds. The normalized spacial score (nSPS) is 11.1. The summed E-state index contributed by atoms with van der Waals surface area (Å²) >= 11 is 12.1. The molecule has 8 heterocycles. The summed E-state index contributed by atoms with van der Waals surface area (Å²) < 4.78 is 3.76. The molecule has 348 valence electrons. The topological polar surface area (TPSA) is 257 Å². The van der Waals surface area contributed by atoms with Gasteiger partial charge in [-0.15, -0.1) is 0 Å². The van der Waals surface area contributed by atoms with Gasteiger partial charge >= 0.3 is 5.97 Å². The smallest absolute Gasteiger partial charge is 0.337 e. The highest BCUT2D eigenvalue weighted by atomic mass is 35.5. The fourth-order valence-corrected chi connectivity index (χ4v) is 8.50. The maximum atomic E-state index is 13.2. The molecule has 0 aliphatic rings. The van der Waals surface area contributed by atoms with Crippen LogP contribution in [-0.4, -0.2) is 66.0 Å². The minimum atomic E-state index is -0.997. The molecule has 0 fully saturated rings. The number of hydrogen-bond acceptors (Lipinski definition) is 13. The third kappa shape index (κ3) is 10.7. The van der Waals surface area contributed by atoms with Crippen LogP contribution in [0.15, 0.2) is 110 Å². The van der Waals surface area contributed by atoms with Crippen molar-refractivity contribution in [3.05, 3.63) is 176 Å². The quantitative estimate of drug-likeness (QED) is 0.0912. The van der Waals surface area contributed by atoms with Gasteiger partial charge in [-0.2, -0.15) is 0 Å². The number of nitrogens with zero attached hydrogens (tertiary/aromatic N) is 10. The van der Waals surface area contributed by atoms with E-state index in [0.29, 0.717) is 75.5 Å². The first-order valence-corrected chi connectivity index (χ1v) is 22.2. The Labute approximate surface area is 405 Å². The van der Waals surface area contributed by atoms with Gasteiger partial charge in [0.1, 0.15) is 35.6 Å². The highest BCUT2D eigenvalue weighted by Crippen LogP contribution is 2.25. The van der Waals surface area contributed by atoms with Crippen LogP contribution in [-0.2, 0) is 26.2 Å². The van der Waals surface area contributed by atoms with Crippen LogP contribution in [0.25, 0.3) is 43.9 Å². The Morgan fingerprint density at radius 2 is 1.12 bits per heavy atom. The molecule has 2 aromatic carbocycles.